The molecule has 0 aliphatic carbocycles. The van der Waals surface area contributed by atoms with Crippen molar-refractivity contribution in [3.8, 4) is 0 Å². The molecule has 0 spiro atoms. The predicted octanol–water partition coefficient (Wildman–Crippen LogP) is 5.05. The van der Waals surface area contributed by atoms with Crippen LogP contribution >= 0.6 is 0 Å². The zero-order valence-corrected chi connectivity index (χ0v) is 18.0. The Morgan fingerprint density at radius 3 is 1.82 bits per heavy atom. The molecule has 0 heterocycles. The Kier molecular flexibility index (Phi) is 9.82. The minimum absolute atomic E-state index is 0.0189. The molecular weight excluding hydrogens is 308 g/mol. The summed E-state index contributed by atoms with van der Waals surface area (Å²) in [6.45, 7) is 19.3. The summed E-state index contributed by atoms with van der Waals surface area (Å²) in [6, 6.07) is 1.81. The first-order valence-electron chi connectivity index (χ1n) is 8.64. The van der Waals surface area contributed by atoms with Crippen LogP contribution in [0.2, 0.25) is 23.2 Å². The van der Waals surface area contributed by atoms with Crippen molar-refractivity contribution >= 4 is 24.0 Å². The first-order chi connectivity index (χ1) is 10.0. The van der Waals surface area contributed by atoms with Crippen molar-refractivity contribution in [2.24, 2.45) is 11.8 Å². The van der Waals surface area contributed by atoms with Crippen molar-refractivity contribution in [1.29, 1.82) is 0 Å². The van der Waals surface area contributed by atoms with E-state index in [1.165, 1.54) is 0 Å². The molecule has 0 aromatic rings. The number of rotatable bonds is 10. The van der Waals surface area contributed by atoms with Gasteiger partial charge in [-0.15, -0.1) is 0 Å². The molecule has 22 heavy (non-hydrogen) atoms. The molecule has 0 aliphatic heterocycles. The van der Waals surface area contributed by atoms with Crippen molar-refractivity contribution in [3.63, 3.8) is 0 Å². The number of hydrogen-bond donors (Lipinski definition) is 0. The largest absolute Gasteiger partial charge is 0.518 e. The lowest BCUT2D eigenvalue weighted by Gasteiger charge is -2.40. The Bertz CT molecular complexity index is 320. The van der Waals surface area contributed by atoms with Gasteiger partial charge in [0.1, 0.15) is 0 Å². The average Bonchev–Trinajstić information content (AvgIpc) is 2.35. The molecule has 130 valence electrons. The lowest BCUT2D eigenvalue weighted by Crippen LogP contribution is -2.48. The quantitative estimate of drug-likeness (QED) is 0.520. The van der Waals surface area contributed by atoms with Crippen LogP contribution in [0.3, 0.4) is 0 Å². The highest BCUT2D eigenvalue weighted by Crippen LogP contribution is 2.39. The monoisotopic (exact) mass is 344 g/mol. The molecule has 0 saturated carbocycles. The molecule has 0 saturated heterocycles. The van der Waals surface area contributed by atoms with E-state index in [1.54, 1.807) is 0 Å². The summed E-state index contributed by atoms with van der Waals surface area (Å²) in [7, 11) is -1.72. The fourth-order valence-corrected chi connectivity index (χ4v) is 8.29. The Hall–Kier alpha value is -0.136. The van der Waals surface area contributed by atoms with Crippen LogP contribution in [0.5, 0.6) is 0 Å². The first kappa shape index (κ1) is 21.9. The van der Waals surface area contributed by atoms with Gasteiger partial charge in [0, 0.05) is 6.10 Å². The average molecular weight is 345 g/mol. The standard InChI is InChI=1S/C17H36O3Si2/c1-12(2)11-22(14(5)6,15(7)8)20-17(18)16(9)10-21-19-13(3)4/h12-16H,10-11H2,1-9H3. The highest BCUT2D eigenvalue weighted by Gasteiger charge is 2.46. The van der Waals surface area contributed by atoms with E-state index in [2.05, 4.69) is 41.5 Å². The fraction of sp³-hybridized carbons (Fsp3) is 0.941. The van der Waals surface area contributed by atoms with Gasteiger partial charge < -0.3 is 8.85 Å². The lowest BCUT2D eigenvalue weighted by molar-refractivity contribution is -0.139. The fourth-order valence-electron chi connectivity index (χ4n) is 2.76. The highest BCUT2D eigenvalue weighted by atomic mass is 28.4. The van der Waals surface area contributed by atoms with E-state index in [0.29, 0.717) is 26.8 Å². The molecule has 0 rings (SSSR count). The van der Waals surface area contributed by atoms with Crippen molar-refractivity contribution in [3.05, 3.63) is 0 Å². The lowest BCUT2D eigenvalue weighted by atomic mass is 10.2. The van der Waals surface area contributed by atoms with E-state index in [0.717, 1.165) is 12.1 Å². The SMILES string of the molecule is CC(C)C[Si](OC(=O)C(C)C[Si]OC(C)C)(C(C)C)C(C)C. The zero-order chi connectivity index (χ0) is 17.5. The third-order valence-corrected chi connectivity index (χ3v) is 11.4. The van der Waals surface area contributed by atoms with E-state index in [4.69, 9.17) is 8.85 Å². The van der Waals surface area contributed by atoms with Crippen molar-refractivity contribution in [2.75, 3.05) is 0 Å². The van der Waals surface area contributed by atoms with Gasteiger partial charge in [0.25, 0.3) is 14.3 Å². The topological polar surface area (TPSA) is 35.5 Å². The Labute approximate surface area is 141 Å². The van der Waals surface area contributed by atoms with Crippen LogP contribution in [-0.2, 0) is 13.6 Å². The summed E-state index contributed by atoms with van der Waals surface area (Å²) in [6.07, 6.45) is 0.224. The van der Waals surface area contributed by atoms with Gasteiger partial charge in [-0.3, -0.25) is 4.79 Å². The summed E-state index contributed by atoms with van der Waals surface area (Å²) < 4.78 is 11.8. The van der Waals surface area contributed by atoms with Gasteiger partial charge in [-0.05, 0) is 42.9 Å². The van der Waals surface area contributed by atoms with Gasteiger partial charge in [0.05, 0.1) is 5.92 Å². The third kappa shape index (κ3) is 6.96. The molecule has 1 unspecified atom stereocenters. The van der Waals surface area contributed by atoms with Crippen LogP contribution in [0.1, 0.15) is 62.3 Å². The minimum Gasteiger partial charge on any atom is -0.518 e. The number of carbonyl (C=O) groups excluding carboxylic acids is 1. The van der Waals surface area contributed by atoms with Gasteiger partial charge in [0.2, 0.25) is 9.76 Å². The zero-order valence-electron chi connectivity index (χ0n) is 16.0. The van der Waals surface area contributed by atoms with Crippen molar-refractivity contribution < 1.29 is 13.6 Å². The second kappa shape index (κ2) is 9.88. The summed E-state index contributed by atoms with van der Waals surface area (Å²) in [5.74, 6) is 0.467. The molecule has 0 amide bonds. The van der Waals surface area contributed by atoms with Crippen LogP contribution in [0.25, 0.3) is 0 Å². The van der Waals surface area contributed by atoms with E-state index in [1.807, 2.05) is 20.8 Å². The molecule has 3 nitrogen and oxygen atoms in total. The maximum atomic E-state index is 12.6. The van der Waals surface area contributed by atoms with Crippen LogP contribution in [-0.4, -0.2) is 30.2 Å². The molecule has 0 aromatic heterocycles. The molecule has 5 heteroatoms. The molecular formula is C17H36O3Si2. The Morgan fingerprint density at radius 2 is 1.45 bits per heavy atom. The third-order valence-electron chi connectivity index (χ3n) is 4.08. The maximum absolute atomic E-state index is 12.6. The van der Waals surface area contributed by atoms with Gasteiger partial charge in [-0.25, -0.2) is 0 Å². The Morgan fingerprint density at radius 1 is 0.955 bits per heavy atom. The molecule has 0 bridgehead atoms. The molecule has 0 aromatic carbocycles. The van der Waals surface area contributed by atoms with E-state index < -0.39 is 8.32 Å². The van der Waals surface area contributed by atoms with Gasteiger partial charge in [-0.2, -0.15) is 0 Å². The molecule has 0 aliphatic rings. The smallest absolute Gasteiger partial charge is 0.295 e. The summed E-state index contributed by atoms with van der Waals surface area (Å²) >= 11 is 0. The maximum Gasteiger partial charge on any atom is 0.295 e. The molecule has 2 radical (unpaired) electrons. The van der Waals surface area contributed by atoms with Crippen LogP contribution in [0.15, 0.2) is 0 Å². The molecule has 0 fully saturated rings. The number of hydrogen-bond acceptors (Lipinski definition) is 3. The van der Waals surface area contributed by atoms with Gasteiger partial charge in [0.15, 0.2) is 0 Å². The van der Waals surface area contributed by atoms with Gasteiger partial charge >= 0.3 is 0 Å². The van der Waals surface area contributed by atoms with Crippen LogP contribution in [0.4, 0.5) is 0 Å². The highest BCUT2D eigenvalue weighted by molar-refractivity contribution is 6.77. The summed E-state index contributed by atoms with van der Waals surface area (Å²) in [5.41, 5.74) is 0.890. The normalized spacial score (nSPS) is 14.2. The van der Waals surface area contributed by atoms with E-state index >= 15 is 0 Å². The molecule has 0 N–H and O–H groups in total. The van der Waals surface area contributed by atoms with E-state index in [-0.39, 0.29) is 18.0 Å². The molecule has 1 atom stereocenters. The second-order valence-corrected chi connectivity index (χ2v) is 13.5. The second-order valence-electron chi connectivity index (χ2n) is 7.70. The number of carbonyl (C=O) groups is 1. The predicted molar refractivity (Wildman–Crippen MR) is 97.6 cm³/mol. The Balaban J connectivity index is 4.87. The minimum atomic E-state index is -2.09. The van der Waals surface area contributed by atoms with Crippen molar-refractivity contribution in [1.82, 2.24) is 0 Å². The summed E-state index contributed by atoms with van der Waals surface area (Å²) in [5, 5.41) is 0. The first-order valence-corrected chi connectivity index (χ1v) is 12.0. The van der Waals surface area contributed by atoms with Crippen LogP contribution < -0.4 is 0 Å². The van der Waals surface area contributed by atoms with Crippen molar-refractivity contribution in [2.45, 2.75) is 91.6 Å². The van der Waals surface area contributed by atoms with Gasteiger partial charge in [-0.1, -0.05) is 48.5 Å². The van der Waals surface area contributed by atoms with Crippen LogP contribution in [0, 0.1) is 11.8 Å². The summed E-state index contributed by atoms with van der Waals surface area (Å²) in [4.78, 5) is 12.6. The van der Waals surface area contributed by atoms with E-state index in [9.17, 15) is 4.79 Å².